The molecule has 0 unspecified atom stereocenters. The topological polar surface area (TPSA) is 25.2 Å². The first-order chi connectivity index (χ1) is 10.1. The van der Waals surface area contributed by atoms with E-state index in [1.165, 1.54) is 12.1 Å². The molecule has 3 rings (SSSR count). The second kappa shape index (κ2) is 5.51. The fraction of sp³-hybridized carbons (Fsp3) is 0.176. The van der Waals surface area contributed by atoms with Crippen LogP contribution in [0.4, 0.5) is 4.39 Å². The number of aromatic nitrogens is 1. The van der Waals surface area contributed by atoms with Crippen molar-refractivity contribution in [2.45, 2.75) is 20.1 Å². The van der Waals surface area contributed by atoms with Gasteiger partial charge in [0.1, 0.15) is 11.0 Å². The number of halogens is 2. The van der Waals surface area contributed by atoms with Gasteiger partial charge in [0.25, 0.3) is 0 Å². The Hall–Kier alpha value is -1.84. The molecule has 0 radical (unpaired) electrons. The molecule has 0 fully saturated rings. The second-order valence-corrected chi connectivity index (χ2v) is 5.47. The summed E-state index contributed by atoms with van der Waals surface area (Å²) in [6.45, 7) is 2.36. The lowest BCUT2D eigenvalue weighted by Crippen LogP contribution is -2.01. The number of aliphatic hydroxyl groups excluding tert-OH is 1. The van der Waals surface area contributed by atoms with Crippen molar-refractivity contribution in [3.63, 3.8) is 0 Å². The van der Waals surface area contributed by atoms with E-state index in [4.69, 9.17) is 11.6 Å². The molecule has 1 heterocycles. The molecule has 4 heteroatoms. The van der Waals surface area contributed by atoms with Crippen LogP contribution in [-0.2, 0) is 13.2 Å². The summed E-state index contributed by atoms with van der Waals surface area (Å²) < 4.78 is 15.3. The SMILES string of the molecule is Cc1cccc2c(CO)c(Cl)n(Cc3cccc(F)c3)c12. The molecular formula is C17H15ClFNO. The molecule has 0 amide bonds. The third kappa shape index (κ3) is 2.43. The maximum absolute atomic E-state index is 13.4. The van der Waals surface area contributed by atoms with Crippen LogP contribution < -0.4 is 0 Å². The van der Waals surface area contributed by atoms with Gasteiger partial charge in [-0.2, -0.15) is 0 Å². The minimum Gasteiger partial charge on any atom is -0.392 e. The van der Waals surface area contributed by atoms with Crippen LogP contribution in [0, 0.1) is 12.7 Å². The molecule has 2 nitrogen and oxygen atoms in total. The highest BCUT2D eigenvalue weighted by Crippen LogP contribution is 2.32. The van der Waals surface area contributed by atoms with Crippen molar-refractivity contribution in [1.29, 1.82) is 0 Å². The number of nitrogens with zero attached hydrogens (tertiary/aromatic N) is 1. The molecule has 3 aromatic rings. The summed E-state index contributed by atoms with van der Waals surface area (Å²) in [5, 5.41) is 11.0. The normalized spacial score (nSPS) is 11.2. The summed E-state index contributed by atoms with van der Waals surface area (Å²) in [6.07, 6.45) is 0. The standard InChI is InChI=1S/C17H15ClFNO/c1-11-4-2-7-14-15(10-21)17(18)20(16(11)14)9-12-5-3-6-13(19)8-12/h2-8,21H,9-10H2,1H3. The molecule has 0 aliphatic rings. The number of benzene rings is 2. The molecule has 108 valence electrons. The maximum atomic E-state index is 13.4. The quantitative estimate of drug-likeness (QED) is 0.767. The molecular weight excluding hydrogens is 289 g/mol. The Morgan fingerprint density at radius 2 is 1.95 bits per heavy atom. The van der Waals surface area contributed by atoms with Gasteiger partial charge in [0.05, 0.1) is 12.1 Å². The Kier molecular flexibility index (Phi) is 3.70. The van der Waals surface area contributed by atoms with Crippen molar-refractivity contribution in [1.82, 2.24) is 4.57 Å². The van der Waals surface area contributed by atoms with E-state index in [1.807, 2.05) is 35.8 Å². The van der Waals surface area contributed by atoms with Crippen molar-refractivity contribution < 1.29 is 9.50 Å². The van der Waals surface area contributed by atoms with Gasteiger partial charge in [-0.1, -0.05) is 41.9 Å². The summed E-state index contributed by atoms with van der Waals surface area (Å²) in [5.74, 6) is -0.265. The molecule has 0 aliphatic carbocycles. The summed E-state index contributed by atoms with van der Waals surface area (Å²) in [4.78, 5) is 0. The summed E-state index contributed by atoms with van der Waals surface area (Å²) >= 11 is 6.42. The fourth-order valence-electron chi connectivity index (χ4n) is 2.75. The van der Waals surface area contributed by atoms with E-state index in [0.29, 0.717) is 17.3 Å². The lowest BCUT2D eigenvalue weighted by atomic mass is 10.1. The highest BCUT2D eigenvalue weighted by Gasteiger charge is 2.16. The van der Waals surface area contributed by atoms with Crippen molar-refractivity contribution in [2.24, 2.45) is 0 Å². The molecule has 0 bridgehead atoms. The minimum atomic E-state index is -0.265. The van der Waals surface area contributed by atoms with Gasteiger partial charge < -0.3 is 9.67 Å². The van der Waals surface area contributed by atoms with Crippen LogP contribution in [0.5, 0.6) is 0 Å². The average Bonchev–Trinajstić information content (AvgIpc) is 2.72. The zero-order valence-electron chi connectivity index (χ0n) is 11.6. The number of rotatable bonds is 3. The third-order valence-electron chi connectivity index (χ3n) is 3.71. The van der Waals surface area contributed by atoms with E-state index in [-0.39, 0.29) is 12.4 Å². The lowest BCUT2D eigenvalue weighted by molar-refractivity contribution is 0.283. The predicted octanol–water partition coefficient (Wildman–Crippen LogP) is 4.28. The van der Waals surface area contributed by atoms with E-state index in [0.717, 1.165) is 22.0 Å². The molecule has 0 atom stereocenters. The molecule has 2 aromatic carbocycles. The van der Waals surface area contributed by atoms with Crippen molar-refractivity contribution in [2.75, 3.05) is 0 Å². The van der Waals surface area contributed by atoms with Crippen LogP contribution in [0.2, 0.25) is 5.15 Å². The summed E-state index contributed by atoms with van der Waals surface area (Å²) in [7, 11) is 0. The van der Waals surface area contributed by atoms with Gasteiger partial charge in [-0.15, -0.1) is 0 Å². The molecule has 21 heavy (non-hydrogen) atoms. The van der Waals surface area contributed by atoms with Gasteiger partial charge >= 0.3 is 0 Å². The number of para-hydroxylation sites is 1. The van der Waals surface area contributed by atoms with Gasteiger partial charge in [0, 0.05) is 17.5 Å². The number of aryl methyl sites for hydroxylation is 1. The lowest BCUT2D eigenvalue weighted by Gasteiger charge is -2.09. The molecule has 0 saturated carbocycles. The van der Waals surface area contributed by atoms with E-state index in [1.54, 1.807) is 6.07 Å². The Balaban J connectivity index is 2.20. The largest absolute Gasteiger partial charge is 0.392 e. The molecule has 0 aliphatic heterocycles. The van der Waals surface area contributed by atoms with E-state index in [2.05, 4.69) is 0 Å². The van der Waals surface area contributed by atoms with Gasteiger partial charge in [-0.3, -0.25) is 0 Å². The Labute approximate surface area is 127 Å². The number of hydrogen-bond acceptors (Lipinski definition) is 1. The van der Waals surface area contributed by atoms with Crippen LogP contribution in [0.25, 0.3) is 10.9 Å². The maximum Gasteiger partial charge on any atom is 0.123 e. The minimum absolute atomic E-state index is 0.116. The Morgan fingerprint density at radius 1 is 1.19 bits per heavy atom. The van der Waals surface area contributed by atoms with E-state index in [9.17, 15) is 9.50 Å². The first-order valence-corrected chi connectivity index (χ1v) is 7.11. The van der Waals surface area contributed by atoms with Gasteiger partial charge in [-0.25, -0.2) is 4.39 Å². The van der Waals surface area contributed by atoms with Crippen LogP contribution in [0.3, 0.4) is 0 Å². The third-order valence-corrected chi connectivity index (χ3v) is 4.14. The van der Waals surface area contributed by atoms with E-state index < -0.39 is 0 Å². The van der Waals surface area contributed by atoms with Gasteiger partial charge in [-0.05, 0) is 30.2 Å². The Bertz CT molecular complexity index is 810. The van der Waals surface area contributed by atoms with Crippen LogP contribution in [-0.4, -0.2) is 9.67 Å². The molecule has 0 saturated heterocycles. The number of aliphatic hydroxyl groups is 1. The van der Waals surface area contributed by atoms with Crippen LogP contribution in [0.1, 0.15) is 16.7 Å². The van der Waals surface area contributed by atoms with Gasteiger partial charge in [0.15, 0.2) is 0 Å². The number of fused-ring (bicyclic) bond motifs is 1. The molecule has 1 aromatic heterocycles. The first kappa shape index (κ1) is 14.1. The highest BCUT2D eigenvalue weighted by molar-refractivity contribution is 6.32. The smallest absolute Gasteiger partial charge is 0.123 e. The van der Waals surface area contributed by atoms with Crippen molar-refractivity contribution in [3.8, 4) is 0 Å². The average molecular weight is 304 g/mol. The molecule has 1 N–H and O–H groups in total. The van der Waals surface area contributed by atoms with E-state index >= 15 is 0 Å². The zero-order chi connectivity index (χ0) is 15.0. The van der Waals surface area contributed by atoms with Crippen molar-refractivity contribution in [3.05, 3.63) is 70.1 Å². The molecule has 0 spiro atoms. The zero-order valence-corrected chi connectivity index (χ0v) is 12.4. The van der Waals surface area contributed by atoms with Gasteiger partial charge in [0.2, 0.25) is 0 Å². The predicted molar refractivity (Wildman–Crippen MR) is 83.1 cm³/mol. The summed E-state index contributed by atoms with van der Waals surface area (Å²) in [6, 6.07) is 12.4. The van der Waals surface area contributed by atoms with Crippen LogP contribution in [0.15, 0.2) is 42.5 Å². The Morgan fingerprint density at radius 3 is 2.67 bits per heavy atom. The monoisotopic (exact) mass is 303 g/mol. The van der Waals surface area contributed by atoms with Crippen molar-refractivity contribution >= 4 is 22.5 Å². The highest BCUT2D eigenvalue weighted by atomic mass is 35.5. The first-order valence-electron chi connectivity index (χ1n) is 6.73. The number of hydrogen-bond donors (Lipinski definition) is 1. The fourth-order valence-corrected chi connectivity index (χ4v) is 3.06. The van der Waals surface area contributed by atoms with Crippen LogP contribution >= 0.6 is 11.6 Å². The second-order valence-electron chi connectivity index (χ2n) is 5.11. The summed E-state index contributed by atoms with van der Waals surface area (Å²) in [5.41, 5.74) is 3.61.